The summed E-state index contributed by atoms with van der Waals surface area (Å²) in [6, 6.07) is 5.76. The minimum atomic E-state index is -7.07. The minimum Gasteiger partial charge on any atom is -0.618 e. The molecule has 2 aromatic carbocycles. The number of nitrogens with zero attached hydrogens (tertiary/aromatic N) is 1. The molecule has 0 aliphatic rings. The fourth-order valence-corrected chi connectivity index (χ4v) is 4.30. The molecule has 3 rings (SSSR count). The predicted octanol–water partition coefficient (Wildman–Crippen LogP) is 7.62. The molecule has 206 valence electrons. The Morgan fingerprint density at radius 1 is 0.947 bits per heavy atom. The standard InChI is InChI=1S/C21H10ClF11N2O2S/c22-12-7-11(18(25,20(28,29)30)19(26,27)21(31,32)33)8-14(38-17(23)24)15(12)34-16(36)10-4-3-9-2-1-5-35(37)13(9)6-10/h1-8,17H,(H,34,36). The maximum absolute atomic E-state index is 14.9. The summed E-state index contributed by atoms with van der Waals surface area (Å²) < 4.78 is 148. The SMILES string of the molecule is O=C(Nc1c(Cl)cc(C(F)(C(F)(F)F)C(F)(F)C(F)(F)F)cc1SC(F)F)c1ccc2ccc[n+]([O-])c2c1. The topological polar surface area (TPSA) is 56.0 Å². The van der Waals surface area contributed by atoms with Crippen molar-refractivity contribution in [3.05, 3.63) is 70.0 Å². The smallest absolute Gasteiger partial charge is 0.457 e. The van der Waals surface area contributed by atoms with Crippen molar-refractivity contribution in [2.75, 3.05) is 5.32 Å². The van der Waals surface area contributed by atoms with E-state index in [4.69, 9.17) is 11.6 Å². The van der Waals surface area contributed by atoms with Crippen molar-refractivity contribution in [3.8, 4) is 0 Å². The maximum Gasteiger partial charge on any atom is 0.457 e. The Bertz CT molecular complexity index is 1380. The Morgan fingerprint density at radius 2 is 1.58 bits per heavy atom. The fourth-order valence-electron chi connectivity index (χ4n) is 3.32. The van der Waals surface area contributed by atoms with E-state index in [1.165, 1.54) is 18.2 Å². The molecule has 0 bridgehead atoms. The van der Waals surface area contributed by atoms with Gasteiger partial charge in [-0.25, -0.2) is 4.39 Å². The van der Waals surface area contributed by atoms with Crippen LogP contribution >= 0.6 is 23.4 Å². The molecule has 0 saturated heterocycles. The summed E-state index contributed by atoms with van der Waals surface area (Å²) in [4.78, 5) is 11.4. The molecule has 17 heteroatoms. The zero-order valence-electron chi connectivity index (χ0n) is 17.9. The molecule has 1 atom stereocenters. The van der Waals surface area contributed by atoms with Gasteiger partial charge in [-0.05, 0) is 30.3 Å². The summed E-state index contributed by atoms with van der Waals surface area (Å²) in [5, 5.41) is 12.9. The first-order valence-electron chi connectivity index (χ1n) is 9.73. The molecule has 0 aliphatic heterocycles. The van der Waals surface area contributed by atoms with Crippen LogP contribution in [0.4, 0.5) is 54.0 Å². The van der Waals surface area contributed by atoms with Crippen LogP contribution in [0.2, 0.25) is 5.02 Å². The largest absolute Gasteiger partial charge is 0.618 e. The third-order valence-corrected chi connectivity index (χ3v) is 6.17. The minimum absolute atomic E-state index is 0.0365. The van der Waals surface area contributed by atoms with E-state index in [0.717, 1.165) is 18.3 Å². The molecule has 3 aromatic rings. The van der Waals surface area contributed by atoms with Gasteiger partial charge in [0.25, 0.3) is 11.7 Å². The number of thioether (sulfide) groups is 1. The van der Waals surface area contributed by atoms with Crippen LogP contribution in [0, 0.1) is 5.21 Å². The van der Waals surface area contributed by atoms with Crippen LogP contribution in [0.15, 0.2) is 53.6 Å². The summed E-state index contributed by atoms with van der Waals surface area (Å²) in [6.07, 6.45) is -12.9. The van der Waals surface area contributed by atoms with Crippen LogP contribution in [0.3, 0.4) is 0 Å². The third-order valence-electron chi connectivity index (χ3n) is 5.11. The maximum atomic E-state index is 14.9. The lowest BCUT2D eigenvalue weighted by molar-refractivity contribution is -0.577. The monoisotopic (exact) mass is 598 g/mol. The van der Waals surface area contributed by atoms with Gasteiger partial charge in [0.15, 0.2) is 6.20 Å². The zero-order chi connectivity index (χ0) is 28.8. The van der Waals surface area contributed by atoms with E-state index in [-0.39, 0.29) is 23.2 Å². The molecule has 1 unspecified atom stereocenters. The van der Waals surface area contributed by atoms with Crippen molar-refractivity contribution < 1.29 is 57.8 Å². The van der Waals surface area contributed by atoms with Crippen molar-refractivity contribution in [1.82, 2.24) is 0 Å². The second kappa shape index (κ2) is 9.94. The first-order valence-corrected chi connectivity index (χ1v) is 11.0. The second-order valence-corrected chi connectivity index (χ2v) is 8.94. The van der Waals surface area contributed by atoms with Gasteiger partial charge in [0, 0.05) is 33.5 Å². The number of anilines is 1. The van der Waals surface area contributed by atoms with Crippen molar-refractivity contribution in [2.45, 2.75) is 34.6 Å². The van der Waals surface area contributed by atoms with Crippen molar-refractivity contribution in [3.63, 3.8) is 0 Å². The zero-order valence-corrected chi connectivity index (χ0v) is 19.5. The number of benzene rings is 2. The molecule has 0 fully saturated rings. The lowest BCUT2D eigenvalue weighted by Gasteiger charge is -2.36. The van der Waals surface area contributed by atoms with Gasteiger partial charge in [-0.3, -0.25) is 4.79 Å². The Morgan fingerprint density at radius 3 is 2.13 bits per heavy atom. The number of carbonyl (C=O) groups excluding carboxylic acids is 1. The summed E-state index contributed by atoms with van der Waals surface area (Å²) in [5.74, 6) is -11.8. The number of carbonyl (C=O) groups is 1. The Kier molecular flexibility index (Phi) is 7.73. The van der Waals surface area contributed by atoms with Gasteiger partial charge >= 0.3 is 23.9 Å². The van der Waals surface area contributed by atoms with Crippen LogP contribution in [-0.2, 0) is 5.67 Å². The molecular weight excluding hydrogens is 589 g/mol. The van der Waals surface area contributed by atoms with E-state index in [1.54, 1.807) is 0 Å². The molecule has 0 aliphatic carbocycles. The van der Waals surface area contributed by atoms with E-state index in [2.05, 4.69) is 0 Å². The summed E-state index contributed by atoms with van der Waals surface area (Å²) in [6.45, 7) is 0. The van der Waals surface area contributed by atoms with Crippen molar-refractivity contribution in [2.24, 2.45) is 0 Å². The second-order valence-electron chi connectivity index (χ2n) is 7.50. The van der Waals surface area contributed by atoms with Gasteiger partial charge in [0.2, 0.25) is 5.52 Å². The first-order chi connectivity index (χ1) is 17.3. The van der Waals surface area contributed by atoms with Gasteiger partial charge < -0.3 is 10.5 Å². The van der Waals surface area contributed by atoms with Gasteiger partial charge in [-0.1, -0.05) is 23.4 Å². The predicted molar refractivity (Wildman–Crippen MR) is 114 cm³/mol. The number of hydrogen-bond acceptors (Lipinski definition) is 3. The van der Waals surface area contributed by atoms with Gasteiger partial charge in [0.1, 0.15) is 0 Å². The highest BCUT2D eigenvalue weighted by Gasteiger charge is 2.81. The van der Waals surface area contributed by atoms with Crippen LogP contribution in [0.1, 0.15) is 15.9 Å². The molecule has 0 radical (unpaired) electrons. The Labute approximate surface area is 213 Å². The highest BCUT2D eigenvalue weighted by Crippen LogP contribution is 2.59. The van der Waals surface area contributed by atoms with E-state index in [9.17, 15) is 58.3 Å². The third kappa shape index (κ3) is 5.15. The average molecular weight is 599 g/mol. The number of pyridine rings is 1. The van der Waals surface area contributed by atoms with Crippen molar-refractivity contribution in [1.29, 1.82) is 0 Å². The van der Waals surface area contributed by atoms with Crippen LogP contribution in [-0.4, -0.2) is 29.9 Å². The van der Waals surface area contributed by atoms with Gasteiger partial charge in [-0.15, -0.1) is 0 Å². The number of fused-ring (bicyclic) bond motifs is 1. The van der Waals surface area contributed by atoms with E-state index < -0.39 is 68.5 Å². The molecule has 0 saturated carbocycles. The summed E-state index contributed by atoms with van der Waals surface area (Å²) in [7, 11) is 0. The van der Waals surface area contributed by atoms with E-state index in [1.807, 2.05) is 5.32 Å². The number of alkyl halides is 11. The number of amides is 1. The first kappa shape index (κ1) is 29.5. The highest BCUT2D eigenvalue weighted by molar-refractivity contribution is 7.99. The highest BCUT2D eigenvalue weighted by atomic mass is 35.5. The van der Waals surface area contributed by atoms with Crippen LogP contribution in [0.5, 0.6) is 0 Å². The fraction of sp³-hybridized carbons (Fsp3) is 0.238. The summed E-state index contributed by atoms with van der Waals surface area (Å²) in [5.41, 5.74) is -10.2. The lowest BCUT2D eigenvalue weighted by atomic mass is 9.87. The molecule has 1 amide bonds. The number of rotatable bonds is 6. The van der Waals surface area contributed by atoms with E-state index >= 15 is 0 Å². The average Bonchev–Trinajstić information content (AvgIpc) is 2.78. The molecule has 1 heterocycles. The molecule has 0 spiro atoms. The van der Waals surface area contributed by atoms with Gasteiger partial charge in [0.05, 0.1) is 10.7 Å². The molecule has 1 N–H and O–H groups in total. The molecular formula is C21H10ClF11N2O2S. The Balaban J connectivity index is 2.16. The molecule has 4 nitrogen and oxygen atoms in total. The van der Waals surface area contributed by atoms with Crippen molar-refractivity contribution >= 4 is 45.9 Å². The van der Waals surface area contributed by atoms with Gasteiger partial charge in [-0.2, -0.15) is 48.6 Å². The number of halogens is 12. The normalized spacial score (nSPS) is 14.6. The van der Waals surface area contributed by atoms with Crippen LogP contribution in [0.25, 0.3) is 10.9 Å². The van der Waals surface area contributed by atoms with Crippen LogP contribution < -0.4 is 10.0 Å². The quantitative estimate of drug-likeness (QED) is 0.137. The number of nitrogens with one attached hydrogen (secondary N) is 1. The molecule has 38 heavy (non-hydrogen) atoms. The Hall–Kier alpha value is -3.01. The molecule has 1 aromatic heterocycles. The lowest BCUT2D eigenvalue weighted by Crippen LogP contribution is -2.59. The number of hydrogen-bond donors (Lipinski definition) is 1. The summed E-state index contributed by atoms with van der Waals surface area (Å²) >= 11 is 5.00. The van der Waals surface area contributed by atoms with E-state index in [0.29, 0.717) is 10.1 Å². The number of aromatic nitrogens is 1.